The second kappa shape index (κ2) is 9.86. The minimum absolute atomic E-state index is 0.196. The van der Waals surface area contributed by atoms with E-state index >= 15 is 0 Å². The summed E-state index contributed by atoms with van der Waals surface area (Å²) in [5.41, 5.74) is 2.75. The monoisotopic (exact) mass is 468 g/mol. The Bertz CT molecular complexity index is 1270. The third kappa shape index (κ3) is 5.30. The quantitative estimate of drug-likeness (QED) is 0.362. The van der Waals surface area contributed by atoms with Gasteiger partial charge >= 0.3 is 0 Å². The summed E-state index contributed by atoms with van der Waals surface area (Å²) in [5, 5.41) is 16.5. The third-order valence-corrected chi connectivity index (χ3v) is 6.75. The highest BCUT2D eigenvalue weighted by molar-refractivity contribution is 7.18. The van der Waals surface area contributed by atoms with E-state index in [2.05, 4.69) is 21.7 Å². The van der Waals surface area contributed by atoms with Gasteiger partial charge in [0.15, 0.2) is 0 Å². The molecule has 0 spiro atoms. The minimum Gasteiger partial charge on any atom is -0.326 e. The Morgan fingerprint density at radius 2 is 1.35 bits per heavy atom. The first kappa shape index (κ1) is 23.1. The number of para-hydroxylation sites is 1. The van der Waals surface area contributed by atoms with E-state index in [-0.39, 0.29) is 24.7 Å². The van der Waals surface area contributed by atoms with Crippen LogP contribution in [0.3, 0.4) is 0 Å². The molecule has 3 aromatic carbocycles. The highest BCUT2D eigenvalue weighted by atomic mass is 32.1. The number of hydrogen-bond acceptors (Lipinski definition) is 5. The zero-order valence-electron chi connectivity index (χ0n) is 19.0. The van der Waals surface area contributed by atoms with Crippen LogP contribution in [0.2, 0.25) is 0 Å². The van der Waals surface area contributed by atoms with Crippen molar-refractivity contribution >= 4 is 44.7 Å². The lowest BCUT2D eigenvalue weighted by molar-refractivity contribution is -0.118. The van der Waals surface area contributed by atoms with E-state index in [4.69, 9.17) is 0 Å². The first-order valence-corrected chi connectivity index (χ1v) is 11.7. The van der Waals surface area contributed by atoms with Crippen molar-refractivity contribution in [3.05, 3.63) is 88.9 Å². The van der Waals surface area contributed by atoms with Crippen molar-refractivity contribution in [2.24, 2.45) is 0 Å². The van der Waals surface area contributed by atoms with Crippen LogP contribution in [0.4, 0.5) is 11.4 Å². The lowest BCUT2D eigenvalue weighted by Crippen LogP contribution is -2.34. The Morgan fingerprint density at radius 3 is 1.82 bits per heavy atom. The number of nitrogens with one attached hydrogen (secondary N) is 2. The molecule has 7 heteroatoms. The fraction of sp³-hybridized carbons (Fsp3) is 0.185. The second-order valence-electron chi connectivity index (χ2n) is 8.36. The van der Waals surface area contributed by atoms with Crippen molar-refractivity contribution in [1.82, 2.24) is 4.98 Å². The van der Waals surface area contributed by atoms with Gasteiger partial charge in [0.2, 0.25) is 11.8 Å². The van der Waals surface area contributed by atoms with Gasteiger partial charge in [-0.3, -0.25) is 9.59 Å². The van der Waals surface area contributed by atoms with Gasteiger partial charge in [-0.15, -0.1) is 11.3 Å². The van der Waals surface area contributed by atoms with Crippen molar-refractivity contribution in [1.29, 1.82) is 5.26 Å². The van der Waals surface area contributed by atoms with Crippen LogP contribution in [0, 0.1) is 25.2 Å². The molecule has 2 N–H and O–H groups in total. The average molecular weight is 469 g/mol. The number of carbonyl (C=O) groups is 2. The Labute approximate surface area is 202 Å². The molecule has 4 rings (SSSR count). The van der Waals surface area contributed by atoms with Gasteiger partial charge in [0.1, 0.15) is 10.4 Å². The van der Waals surface area contributed by atoms with E-state index in [9.17, 15) is 14.9 Å². The molecule has 0 aliphatic rings. The fourth-order valence-electron chi connectivity index (χ4n) is 3.65. The fourth-order valence-corrected chi connectivity index (χ4v) is 4.75. The summed E-state index contributed by atoms with van der Waals surface area (Å²) in [6.45, 7) is 3.93. The van der Waals surface area contributed by atoms with Gasteiger partial charge in [-0.2, -0.15) is 5.26 Å². The van der Waals surface area contributed by atoms with Crippen molar-refractivity contribution in [3.8, 4) is 6.07 Å². The standard InChI is InChI=1S/C27H24N4O2S/c1-18-7-11-20(12-8-18)29-24(32)15-27(17-28,26-31-22-5-3-4-6-23(22)34-26)16-25(33)30-21-13-9-19(2)10-14-21/h3-14H,15-16H2,1-2H3,(H,29,32)(H,30,33). The molecule has 6 nitrogen and oxygen atoms in total. The highest BCUT2D eigenvalue weighted by Crippen LogP contribution is 2.37. The van der Waals surface area contributed by atoms with Gasteiger partial charge in [-0.25, -0.2) is 4.98 Å². The molecule has 1 aromatic heterocycles. The largest absolute Gasteiger partial charge is 0.326 e. The van der Waals surface area contributed by atoms with Gasteiger partial charge < -0.3 is 10.6 Å². The third-order valence-electron chi connectivity index (χ3n) is 5.51. The summed E-state index contributed by atoms with van der Waals surface area (Å²) >= 11 is 1.34. The van der Waals surface area contributed by atoms with E-state index in [0.29, 0.717) is 16.4 Å². The number of hydrogen-bond donors (Lipinski definition) is 2. The number of anilines is 2. The van der Waals surface area contributed by atoms with Crippen molar-refractivity contribution < 1.29 is 9.59 Å². The molecule has 0 fully saturated rings. The number of amides is 2. The number of nitrogens with zero attached hydrogens (tertiary/aromatic N) is 2. The first-order chi connectivity index (χ1) is 16.4. The van der Waals surface area contributed by atoms with Crippen LogP contribution in [-0.4, -0.2) is 16.8 Å². The lowest BCUT2D eigenvalue weighted by Gasteiger charge is -2.23. The predicted molar refractivity (Wildman–Crippen MR) is 136 cm³/mol. The SMILES string of the molecule is Cc1ccc(NC(=O)CC(C#N)(CC(=O)Nc2ccc(C)cc2)c2nc3ccccc3s2)cc1. The number of thiazole rings is 1. The molecule has 0 unspecified atom stereocenters. The maximum Gasteiger partial charge on any atom is 0.226 e. The molecule has 0 aliphatic carbocycles. The van der Waals surface area contributed by atoms with E-state index in [0.717, 1.165) is 21.3 Å². The van der Waals surface area contributed by atoms with Crippen LogP contribution in [0.5, 0.6) is 0 Å². The maximum atomic E-state index is 13.0. The zero-order valence-corrected chi connectivity index (χ0v) is 19.8. The Morgan fingerprint density at radius 1 is 0.853 bits per heavy atom. The van der Waals surface area contributed by atoms with E-state index in [1.807, 2.05) is 86.6 Å². The molecular formula is C27H24N4O2S. The Hall–Kier alpha value is -4.02. The predicted octanol–water partition coefficient (Wildman–Crippen LogP) is 5.73. The van der Waals surface area contributed by atoms with Gasteiger partial charge in [0.25, 0.3) is 0 Å². The van der Waals surface area contributed by atoms with Crippen LogP contribution in [0.15, 0.2) is 72.8 Å². The van der Waals surface area contributed by atoms with Gasteiger partial charge in [0.05, 0.1) is 29.1 Å². The van der Waals surface area contributed by atoms with E-state index < -0.39 is 5.41 Å². The number of rotatable bonds is 7. The van der Waals surface area contributed by atoms with Crippen molar-refractivity contribution in [3.63, 3.8) is 0 Å². The minimum atomic E-state index is -1.41. The summed E-state index contributed by atoms with van der Waals surface area (Å²) in [4.78, 5) is 30.7. The number of fused-ring (bicyclic) bond motifs is 1. The molecule has 0 saturated heterocycles. The van der Waals surface area contributed by atoms with Gasteiger partial charge in [-0.1, -0.05) is 47.5 Å². The molecule has 34 heavy (non-hydrogen) atoms. The molecule has 0 bridgehead atoms. The second-order valence-corrected chi connectivity index (χ2v) is 9.39. The first-order valence-electron chi connectivity index (χ1n) is 10.9. The molecule has 0 atom stereocenters. The smallest absolute Gasteiger partial charge is 0.226 e. The number of carbonyl (C=O) groups excluding carboxylic acids is 2. The summed E-state index contributed by atoms with van der Waals surface area (Å²) < 4.78 is 0.898. The zero-order chi connectivity index (χ0) is 24.1. The van der Waals surface area contributed by atoms with Crippen LogP contribution < -0.4 is 10.6 Å². The van der Waals surface area contributed by atoms with Crippen molar-refractivity contribution in [2.45, 2.75) is 32.1 Å². The van der Waals surface area contributed by atoms with Crippen LogP contribution in [-0.2, 0) is 15.0 Å². The number of aryl methyl sites for hydroxylation is 2. The highest BCUT2D eigenvalue weighted by Gasteiger charge is 2.40. The van der Waals surface area contributed by atoms with Crippen molar-refractivity contribution in [2.75, 3.05) is 10.6 Å². The molecular weight excluding hydrogens is 444 g/mol. The average Bonchev–Trinajstić information content (AvgIpc) is 3.26. The number of benzene rings is 3. The Kier molecular flexibility index (Phi) is 6.71. The molecule has 2 amide bonds. The van der Waals surface area contributed by atoms with Gasteiger partial charge in [-0.05, 0) is 50.2 Å². The van der Waals surface area contributed by atoms with Crippen LogP contribution >= 0.6 is 11.3 Å². The normalized spacial score (nSPS) is 11.1. The molecule has 0 aliphatic heterocycles. The topological polar surface area (TPSA) is 94.9 Å². The summed E-state index contributed by atoms with van der Waals surface area (Å²) in [6, 6.07) is 24.6. The number of nitriles is 1. The van der Waals surface area contributed by atoms with Gasteiger partial charge in [0, 0.05) is 11.4 Å². The van der Waals surface area contributed by atoms with E-state index in [1.165, 1.54) is 11.3 Å². The lowest BCUT2D eigenvalue weighted by atomic mass is 9.82. The molecule has 170 valence electrons. The van der Waals surface area contributed by atoms with E-state index in [1.54, 1.807) is 0 Å². The molecule has 4 aromatic rings. The molecule has 0 saturated carbocycles. The number of aromatic nitrogens is 1. The molecule has 1 heterocycles. The summed E-state index contributed by atoms with van der Waals surface area (Å²) in [6.07, 6.45) is -0.392. The summed E-state index contributed by atoms with van der Waals surface area (Å²) in [5.74, 6) is -0.708. The molecule has 0 radical (unpaired) electrons. The maximum absolute atomic E-state index is 13.0. The Balaban J connectivity index is 1.63. The summed E-state index contributed by atoms with van der Waals surface area (Å²) in [7, 11) is 0. The van der Waals surface area contributed by atoms with Crippen LogP contribution in [0.1, 0.15) is 29.0 Å². The van der Waals surface area contributed by atoms with Crippen LogP contribution in [0.25, 0.3) is 10.2 Å².